The first-order valence-electron chi connectivity index (χ1n) is 8.52. The summed E-state index contributed by atoms with van der Waals surface area (Å²) in [4.78, 5) is 5.14. The van der Waals surface area contributed by atoms with E-state index < -0.39 is 0 Å². The van der Waals surface area contributed by atoms with Gasteiger partial charge in [0.2, 0.25) is 0 Å². The van der Waals surface area contributed by atoms with Crippen LogP contribution < -0.4 is 5.32 Å². The van der Waals surface area contributed by atoms with Gasteiger partial charge in [0.1, 0.15) is 0 Å². The van der Waals surface area contributed by atoms with E-state index in [-0.39, 0.29) is 5.54 Å². The highest BCUT2D eigenvalue weighted by molar-refractivity contribution is 5.06. The highest BCUT2D eigenvalue weighted by atomic mass is 16.3. The molecule has 0 radical (unpaired) electrons. The number of aliphatic hydroxyl groups excluding tert-OH is 1. The van der Waals surface area contributed by atoms with E-state index in [4.69, 9.17) is 0 Å². The molecule has 2 saturated carbocycles. The summed E-state index contributed by atoms with van der Waals surface area (Å²) in [6.07, 6.45) is 5.19. The monoisotopic (exact) mass is 281 g/mol. The molecule has 4 heteroatoms. The average molecular weight is 281 g/mol. The van der Waals surface area contributed by atoms with Gasteiger partial charge in [-0.1, -0.05) is 6.92 Å². The molecule has 3 aliphatic rings. The van der Waals surface area contributed by atoms with Gasteiger partial charge in [-0.2, -0.15) is 0 Å². The molecular weight excluding hydrogens is 250 g/mol. The maximum atomic E-state index is 10.1. The summed E-state index contributed by atoms with van der Waals surface area (Å²) in [5, 5.41) is 13.9. The molecule has 116 valence electrons. The fourth-order valence-electron chi connectivity index (χ4n) is 3.87. The number of nitrogens with zero attached hydrogens (tertiary/aromatic N) is 2. The molecule has 3 rings (SSSR count). The Morgan fingerprint density at radius 2 is 1.95 bits per heavy atom. The third-order valence-electron chi connectivity index (χ3n) is 5.47. The van der Waals surface area contributed by atoms with Crippen molar-refractivity contribution in [2.45, 2.75) is 57.2 Å². The van der Waals surface area contributed by atoms with Crippen LogP contribution >= 0.6 is 0 Å². The van der Waals surface area contributed by atoms with Gasteiger partial charge in [0.25, 0.3) is 0 Å². The summed E-state index contributed by atoms with van der Waals surface area (Å²) in [6.45, 7) is 10.6. The largest absolute Gasteiger partial charge is 0.394 e. The van der Waals surface area contributed by atoms with Crippen molar-refractivity contribution >= 4 is 0 Å². The molecule has 0 amide bonds. The molecule has 0 aromatic rings. The van der Waals surface area contributed by atoms with E-state index in [0.717, 1.165) is 26.2 Å². The number of aliphatic hydroxyl groups is 1. The predicted octanol–water partition coefficient (Wildman–Crippen LogP) is 0.906. The normalized spacial score (nSPS) is 32.2. The van der Waals surface area contributed by atoms with Crippen molar-refractivity contribution in [2.75, 3.05) is 39.3 Å². The van der Waals surface area contributed by atoms with Gasteiger partial charge in [-0.15, -0.1) is 0 Å². The van der Waals surface area contributed by atoms with Crippen LogP contribution in [0.4, 0.5) is 0 Å². The van der Waals surface area contributed by atoms with E-state index in [1.807, 2.05) is 0 Å². The van der Waals surface area contributed by atoms with Crippen LogP contribution in [-0.2, 0) is 0 Å². The van der Waals surface area contributed by atoms with E-state index in [0.29, 0.717) is 24.6 Å². The number of hydrogen-bond donors (Lipinski definition) is 2. The summed E-state index contributed by atoms with van der Waals surface area (Å²) < 4.78 is 0. The lowest BCUT2D eigenvalue weighted by Crippen LogP contribution is -2.62. The first-order chi connectivity index (χ1) is 9.66. The van der Waals surface area contributed by atoms with Crippen LogP contribution in [0.3, 0.4) is 0 Å². The number of likely N-dealkylation sites (N-methyl/N-ethyl adjacent to an activating group) is 1. The highest BCUT2D eigenvalue weighted by Gasteiger charge is 2.48. The zero-order chi connectivity index (χ0) is 14.2. The summed E-state index contributed by atoms with van der Waals surface area (Å²) in [5.74, 6) is 0.701. The van der Waals surface area contributed by atoms with Gasteiger partial charge in [0, 0.05) is 38.3 Å². The molecule has 0 aromatic carbocycles. The van der Waals surface area contributed by atoms with E-state index in [1.165, 1.54) is 32.2 Å². The molecule has 1 heterocycles. The fraction of sp³-hybridized carbons (Fsp3) is 1.00. The van der Waals surface area contributed by atoms with Gasteiger partial charge in [0.05, 0.1) is 12.1 Å². The quantitative estimate of drug-likeness (QED) is 0.727. The molecule has 2 atom stereocenters. The zero-order valence-electron chi connectivity index (χ0n) is 13.1. The van der Waals surface area contributed by atoms with Gasteiger partial charge in [-0.3, -0.25) is 9.80 Å². The maximum Gasteiger partial charge on any atom is 0.0628 e. The first-order valence-corrected chi connectivity index (χ1v) is 8.52. The topological polar surface area (TPSA) is 38.7 Å². The minimum absolute atomic E-state index is 0.0186. The van der Waals surface area contributed by atoms with Crippen LogP contribution in [-0.4, -0.2) is 71.9 Å². The minimum Gasteiger partial charge on any atom is -0.394 e. The third kappa shape index (κ3) is 3.19. The second-order valence-electron chi connectivity index (χ2n) is 7.22. The van der Waals surface area contributed by atoms with E-state index in [1.54, 1.807) is 0 Å². The number of piperazine rings is 1. The molecule has 0 bridgehead atoms. The van der Waals surface area contributed by atoms with Crippen molar-refractivity contribution in [3.8, 4) is 0 Å². The molecule has 0 spiro atoms. The SMILES string of the molecule is CCN1CCN(CC(CO)(NC2CC2)C2CC2)CC1C. The average Bonchev–Trinajstić information content (AvgIpc) is 3.30. The van der Waals surface area contributed by atoms with Gasteiger partial charge in [-0.05, 0) is 45.1 Å². The molecule has 20 heavy (non-hydrogen) atoms. The van der Waals surface area contributed by atoms with Crippen molar-refractivity contribution in [2.24, 2.45) is 5.92 Å². The van der Waals surface area contributed by atoms with Gasteiger partial charge in [-0.25, -0.2) is 0 Å². The number of nitrogens with one attached hydrogen (secondary N) is 1. The van der Waals surface area contributed by atoms with Crippen molar-refractivity contribution in [3.05, 3.63) is 0 Å². The molecule has 2 aliphatic carbocycles. The molecule has 0 aromatic heterocycles. The second-order valence-corrected chi connectivity index (χ2v) is 7.22. The zero-order valence-corrected chi connectivity index (χ0v) is 13.1. The van der Waals surface area contributed by atoms with Crippen molar-refractivity contribution in [1.82, 2.24) is 15.1 Å². The Kier molecular flexibility index (Phi) is 4.37. The van der Waals surface area contributed by atoms with Crippen molar-refractivity contribution in [1.29, 1.82) is 0 Å². The Labute approximate surface area is 123 Å². The summed E-state index contributed by atoms with van der Waals surface area (Å²) in [6, 6.07) is 1.32. The fourth-order valence-corrected chi connectivity index (χ4v) is 3.87. The Morgan fingerprint density at radius 1 is 1.20 bits per heavy atom. The molecule has 2 unspecified atom stereocenters. The molecule has 4 nitrogen and oxygen atoms in total. The van der Waals surface area contributed by atoms with Gasteiger partial charge < -0.3 is 10.4 Å². The minimum atomic E-state index is -0.0186. The summed E-state index contributed by atoms with van der Waals surface area (Å²) >= 11 is 0. The molecule has 1 aliphatic heterocycles. The van der Waals surface area contributed by atoms with Crippen LogP contribution in [0.25, 0.3) is 0 Å². The molecule has 1 saturated heterocycles. The van der Waals surface area contributed by atoms with Crippen LogP contribution in [0.1, 0.15) is 39.5 Å². The van der Waals surface area contributed by atoms with E-state index >= 15 is 0 Å². The Bertz CT molecular complexity index is 330. The lowest BCUT2D eigenvalue weighted by atomic mass is 9.92. The Hall–Kier alpha value is -0.160. The summed E-state index contributed by atoms with van der Waals surface area (Å²) in [5.41, 5.74) is -0.0186. The number of rotatable bonds is 7. The number of hydrogen-bond acceptors (Lipinski definition) is 4. The van der Waals surface area contributed by atoms with Crippen LogP contribution in [0.5, 0.6) is 0 Å². The smallest absolute Gasteiger partial charge is 0.0628 e. The standard InChI is InChI=1S/C16H31N3O/c1-3-19-9-8-18(10-13(19)2)11-16(12-20,14-4-5-14)17-15-6-7-15/h13-15,17,20H,3-12H2,1-2H3. The molecular formula is C16H31N3O. The van der Waals surface area contributed by atoms with E-state index in [9.17, 15) is 5.11 Å². The Morgan fingerprint density at radius 3 is 2.45 bits per heavy atom. The predicted molar refractivity (Wildman–Crippen MR) is 81.8 cm³/mol. The van der Waals surface area contributed by atoms with Gasteiger partial charge >= 0.3 is 0 Å². The molecule has 3 fully saturated rings. The lowest BCUT2D eigenvalue weighted by molar-refractivity contribution is 0.0384. The van der Waals surface area contributed by atoms with Crippen LogP contribution in [0.2, 0.25) is 0 Å². The molecule has 2 N–H and O–H groups in total. The van der Waals surface area contributed by atoms with Crippen LogP contribution in [0, 0.1) is 5.92 Å². The van der Waals surface area contributed by atoms with Crippen LogP contribution in [0.15, 0.2) is 0 Å². The lowest BCUT2D eigenvalue weighted by Gasteiger charge is -2.44. The maximum absolute atomic E-state index is 10.1. The third-order valence-corrected chi connectivity index (χ3v) is 5.47. The van der Waals surface area contributed by atoms with Crippen molar-refractivity contribution < 1.29 is 5.11 Å². The summed E-state index contributed by atoms with van der Waals surface area (Å²) in [7, 11) is 0. The van der Waals surface area contributed by atoms with Crippen molar-refractivity contribution in [3.63, 3.8) is 0 Å². The highest BCUT2D eigenvalue weighted by Crippen LogP contribution is 2.42. The van der Waals surface area contributed by atoms with Gasteiger partial charge in [0.15, 0.2) is 0 Å². The first kappa shape index (κ1) is 14.8. The Balaban J connectivity index is 1.61. The second kappa shape index (κ2) is 5.91. The van der Waals surface area contributed by atoms with E-state index in [2.05, 4.69) is 29.0 Å².